The molecule has 0 bridgehead atoms. The molecule has 0 radical (unpaired) electrons. The van der Waals surface area contributed by atoms with Gasteiger partial charge in [0.25, 0.3) is 0 Å². The van der Waals surface area contributed by atoms with E-state index in [1.165, 1.54) is 5.56 Å². The largest absolute Gasteiger partial charge is 0.465 e. The van der Waals surface area contributed by atoms with Crippen LogP contribution < -0.4 is 9.47 Å². The van der Waals surface area contributed by atoms with Gasteiger partial charge in [0.05, 0.1) is 11.9 Å². The maximum absolute atomic E-state index is 6.02. The third-order valence-corrected chi connectivity index (χ3v) is 4.20. The lowest BCUT2D eigenvalue weighted by molar-refractivity contribution is 0.473. The summed E-state index contributed by atoms with van der Waals surface area (Å²) in [7, 11) is 0. The molecule has 0 saturated heterocycles. The third kappa shape index (κ3) is 5.58. The van der Waals surface area contributed by atoms with Gasteiger partial charge in [-0.3, -0.25) is 0 Å². The zero-order valence-corrected chi connectivity index (χ0v) is 16.5. The summed E-state index contributed by atoms with van der Waals surface area (Å²) in [5.74, 6) is 2.50. The molecule has 0 spiro atoms. The van der Waals surface area contributed by atoms with Crippen molar-refractivity contribution >= 4 is 11.6 Å². The highest BCUT2D eigenvalue weighted by Gasteiger charge is 2.08. The van der Waals surface area contributed by atoms with Crippen LogP contribution in [-0.2, 0) is 0 Å². The van der Waals surface area contributed by atoms with Gasteiger partial charge in [0.1, 0.15) is 11.5 Å². The van der Waals surface area contributed by atoms with Crippen molar-refractivity contribution in [2.75, 3.05) is 0 Å². The molecular formula is C25H25NO2. The van der Waals surface area contributed by atoms with Gasteiger partial charge in [-0.05, 0) is 54.8 Å². The lowest BCUT2D eigenvalue weighted by atomic mass is 10.0. The lowest BCUT2D eigenvalue weighted by Gasteiger charge is -2.11. The molecule has 0 aliphatic heterocycles. The molecule has 0 heterocycles. The number of nitrogens with zero attached hydrogens (tertiary/aromatic N) is 1. The topological polar surface area (TPSA) is 30.8 Å². The van der Waals surface area contributed by atoms with E-state index in [0.717, 1.165) is 22.8 Å². The number of rotatable bonds is 6. The Kier molecular flexibility index (Phi) is 6.64. The first-order chi connectivity index (χ1) is 13.6. The molecule has 142 valence electrons. The zero-order valence-electron chi connectivity index (χ0n) is 16.5. The summed E-state index contributed by atoms with van der Waals surface area (Å²) in [6.07, 6.45) is 1.68. The molecule has 3 aromatic rings. The van der Waals surface area contributed by atoms with Crippen LogP contribution in [0.25, 0.3) is 0 Å². The first kappa shape index (κ1) is 19.4. The van der Waals surface area contributed by atoms with E-state index < -0.39 is 0 Å². The van der Waals surface area contributed by atoms with Crippen LogP contribution in [0.4, 0.5) is 5.69 Å². The Morgan fingerprint density at radius 3 is 2.00 bits per heavy atom. The normalized spacial score (nSPS) is 12.1. The fraction of sp³-hybridized carbons (Fsp3) is 0.160. The van der Waals surface area contributed by atoms with Crippen LogP contribution in [0, 0.1) is 0 Å². The second-order valence-corrected chi connectivity index (χ2v) is 6.81. The van der Waals surface area contributed by atoms with Gasteiger partial charge >= 0.3 is 0 Å². The molecule has 0 N–H and O–H groups in total. The van der Waals surface area contributed by atoms with E-state index in [4.69, 9.17) is 9.47 Å². The Morgan fingerprint density at radius 1 is 0.786 bits per heavy atom. The molecule has 0 saturated carbocycles. The van der Waals surface area contributed by atoms with Crippen LogP contribution in [0.2, 0.25) is 0 Å². The Hall–Kier alpha value is -3.33. The summed E-state index contributed by atoms with van der Waals surface area (Å²) in [6.45, 7) is 6.27. The SMILES string of the molecule is CC(=COc1ccc(C(C)C)cc1)C(=Nc1ccccc1)Oc1ccccc1. The van der Waals surface area contributed by atoms with E-state index in [-0.39, 0.29) is 0 Å². The zero-order chi connectivity index (χ0) is 19.8. The van der Waals surface area contributed by atoms with Gasteiger partial charge in [0.15, 0.2) is 0 Å². The molecule has 0 amide bonds. The molecular weight excluding hydrogens is 346 g/mol. The van der Waals surface area contributed by atoms with Gasteiger partial charge in [0.2, 0.25) is 5.90 Å². The minimum absolute atomic E-state index is 0.496. The van der Waals surface area contributed by atoms with Gasteiger partial charge in [0, 0.05) is 5.57 Å². The van der Waals surface area contributed by atoms with Crippen molar-refractivity contribution in [1.82, 2.24) is 0 Å². The Balaban J connectivity index is 1.82. The maximum Gasteiger partial charge on any atom is 0.225 e. The molecule has 0 unspecified atom stereocenters. The number of aliphatic imine (C=N–C) groups is 1. The third-order valence-electron chi connectivity index (χ3n) is 4.20. The van der Waals surface area contributed by atoms with E-state index in [1.807, 2.05) is 79.7 Å². The van der Waals surface area contributed by atoms with Crippen molar-refractivity contribution in [2.24, 2.45) is 4.99 Å². The maximum atomic E-state index is 6.02. The van der Waals surface area contributed by atoms with Crippen LogP contribution >= 0.6 is 0 Å². The number of para-hydroxylation sites is 2. The van der Waals surface area contributed by atoms with Crippen molar-refractivity contribution in [1.29, 1.82) is 0 Å². The van der Waals surface area contributed by atoms with E-state index in [0.29, 0.717) is 11.8 Å². The van der Waals surface area contributed by atoms with Crippen LogP contribution in [0.1, 0.15) is 32.3 Å². The molecule has 3 heteroatoms. The van der Waals surface area contributed by atoms with E-state index in [2.05, 4.69) is 31.0 Å². The molecule has 3 aromatic carbocycles. The highest BCUT2D eigenvalue weighted by Crippen LogP contribution is 2.20. The summed E-state index contributed by atoms with van der Waals surface area (Å²) in [5.41, 5.74) is 2.90. The van der Waals surface area contributed by atoms with Crippen molar-refractivity contribution < 1.29 is 9.47 Å². The Labute approximate surface area is 167 Å². The molecule has 0 fully saturated rings. The summed E-state index contributed by atoms with van der Waals surface area (Å²) in [5, 5.41) is 0. The predicted octanol–water partition coefficient (Wildman–Crippen LogP) is 6.90. The van der Waals surface area contributed by atoms with Crippen molar-refractivity contribution in [2.45, 2.75) is 26.7 Å². The summed E-state index contributed by atoms with van der Waals surface area (Å²) >= 11 is 0. The average Bonchev–Trinajstić information content (AvgIpc) is 2.73. The molecule has 0 aliphatic rings. The van der Waals surface area contributed by atoms with Crippen LogP contribution in [-0.4, -0.2) is 5.90 Å². The predicted molar refractivity (Wildman–Crippen MR) is 116 cm³/mol. The molecule has 0 aliphatic carbocycles. The molecule has 3 nitrogen and oxygen atoms in total. The second-order valence-electron chi connectivity index (χ2n) is 6.81. The number of benzene rings is 3. The Bertz CT molecular complexity index is 927. The molecule has 0 atom stereocenters. The van der Waals surface area contributed by atoms with E-state index in [9.17, 15) is 0 Å². The van der Waals surface area contributed by atoms with Gasteiger partial charge in [-0.1, -0.05) is 62.4 Å². The highest BCUT2D eigenvalue weighted by molar-refractivity contribution is 5.96. The molecule has 28 heavy (non-hydrogen) atoms. The Morgan fingerprint density at radius 2 is 1.39 bits per heavy atom. The van der Waals surface area contributed by atoms with Gasteiger partial charge < -0.3 is 9.47 Å². The van der Waals surface area contributed by atoms with Crippen molar-refractivity contribution in [3.63, 3.8) is 0 Å². The standard InChI is InChI=1S/C25H25NO2/c1-19(2)21-14-16-23(17-15-21)27-18-20(3)25(26-22-10-6-4-7-11-22)28-24-12-8-5-9-13-24/h4-19H,1-3H3. The summed E-state index contributed by atoms with van der Waals surface area (Å²) in [4.78, 5) is 4.65. The van der Waals surface area contributed by atoms with Gasteiger partial charge in [-0.15, -0.1) is 0 Å². The highest BCUT2D eigenvalue weighted by atomic mass is 16.5. The van der Waals surface area contributed by atoms with Crippen LogP contribution in [0.15, 0.2) is 102 Å². The summed E-state index contributed by atoms with van der Waals surface area (Å²) < 4.78 is 11.9. The van der Waals surface area contributed by atoms with Crippen LogP contribution in [0.3, 0.4) is 0 Å². The van der Waals surface area contributed by atoms with E-state index in [1.54, 1.807) is 6.26 Å². The average molecular weight is 371 g/mol. The minimum Gasteiger partial charge on any atom is -0.465 e. The molecule has 0 aromatic heterocycles. The molecule has 3 rings (SSSR count). The van der Waals surface area contributed by atoms with E-state index >= 15 is 0 Å². The monoisotopic (exact) mass is 371 g/mol. The number of hydrogen-bond donors (Lipinski definition) is 0. The first-order valence-corrected chi connectivity index (χ1v) is 9.42. The first-order valence-electron chi connectivity index (χ1n) is 9.42. The fourth-order valence-corrected chi connectivity index (χ4v) is 2.55. The van der Waals surface area contributed by atoms with Crippen LogP contribution in [0.5, 0.6) is 11.5 Å². The van der Waals surface area contributed by atoms with Crippen molar-refractivity contribution in [3.05, 3.63) is 102 Å². The minimum atomic E-state index is 0.496. The number of hydrogen-bond acceptors (Lipinski definition) is 3. The van der Waals surface area contributed by atoms with Gasteiger partial charge in [-0.2, -0.15) is 0 Å². The second kappa shape index (κ2) is 9.56. The van der Waals surface area contributed by atoms with Crippen molar-refractivity contribution in [3.8, 4) is 11.5 Å². The lowest BCUT2D eigenvalue weighted by Crippen LogP contribution is -2.10. The van der Waals surface area contributed by atoms with Gasteiger partial charge in [-0.25, -0.2) is 4.99 Å². The summed E-state index contributed by atoms with van der Waals surface area (Å²) in [6, 6.07) is 27.5. The smallest absolute Gasteiger partial charge is 0.225 e. The quantitative estimate of drug-likeness (QED) is 0.268. The number of ether oxygens (including phenoxy) is 2. The fourth-order valence-electron chi connectivity index (χ4n) is 2.55.